The molecular weight excluding hydrogens is 338 g/mol. The third-order valence-corrected chi connectivity index (χ3v) is 4.85. The second-order valence-corrected chi connectivity index (χ2v) is 6.85. The topological polar surface area (TPSA) is 108 Å². The lowest BCUT2D eigenvalue weighted by Gasteiger charge is -2.15. The predicted molar refractivity (Wildman–Crippen MR) is 107 cm³/mol. The van der Waals surface area contributed by atoms with Crippen LogP contribution in [0.2, 0.25) is 0 Å². The van der Waals surface area contributed by atoms with E-state index in [9.17, 15) is 0 Å². The van der Waals surface area contributed by atoms with Crippen LogP contribution in [0.25, 0.3) is 27.7 Å². The zero-order valence-corrected chi connectivity index (χ0v) is 15.1. The Morgan fingerprint density at radius 2 is 1.85 bits per heavy atom. The maximum absolute atomic E-state index is 5.63. The highest BCUT2D eigenvalue weighted by Gasteiger charge is 2.08. The molecule has 0 atom stereocenters. The molecule has 0 radical (unpaired) electrons. The molecule has 5 rings (SSSR count). The van der Waals surface area contributed by atoms with Crippen molar-refractivity contribution in [1.82, 2.24) is 24.6 Å². The lowest BCUT2D eigenvalue weighted by Crippen LogP contribution is -2.22. The Labute approximate surface area is 157 Å². The van der Waals surface area contributed by atoms with Gasteiger partial charge in [0.15, 0.2) is 5.65 Å². The van der Waals surface area contributed by atoms with Gasteiger partial charge in [-0.2, -0.15) is 0 Å². The molecule has 0 bridgehead atoms. The van der Waals surface area contributed by atoms with E-state index in [1.54, 1.807) is 23.1 Å². The largest absolute Gasteiger partial charge is 0.367 e. The Morgan fingerprint density at radius 3 is 2.63 bits per heavy atom. The summed E-state index contributed by atoms with van der Waals surface area (Å²) in [7, 11) is 0. The summed E-state index contributed by atoms with van der Waals surface area (Å²) >= 11 is 0. The summed E-state index contributed by atoms with van der Waals surface area (Å²) in [4.78, 5) is 12.6. The van der Waals surface area contributed by atoms with Crippen molar-refractivity contribution in [2.45, 2.75) is 38.1 Å². The summed E-state index contributed by atoms with van der Waals surface area (Å²) in [5, 5.41) is 5.14. The van der Waals surface area contributed by atoms with Gasteiger partial charge in [0.2, 0.25) is 5.95 Å². The number of aromatic nitrogens is 5. The van der Waals surface area contributed by atoms with Crippen molar-refractivity contribution in [3.8, 4) is 11.1 Å². The first kappa shape index (κ1) is 17.4. The van der Waals surface area contributed by atoms with E-state index in [0.29, 0.717) is 6.04 Å². The molecule has 27 heavy (non-hydrogen) atoms. The van der Waals surface area contributed by atoms with Gasteiger partial charge in [-0.15, -0.1) is 5.10 Å². The van der Waals surface area contributed by atoms with E-state index in [2.05, 4.69) is 26.1 Å². The van der Waals surface area contributed by atoms with Crippen LogP contribution in [0.1, 0.15) is 32.1 Å². The zero-order chi connectivity index (χ0) is 18.6. The van der Waals surface area contributed by atoms with Gasteiger partial charge in [-0.1, -0.05) is 19.3 Å². The van der Waals surface area contributed by atoms with Crippen LogP contribution in [0.3, 0.4) is 0 Å². The molecule has 0 unspecified atom stereocenters. The number of hydrogen-bond donors (Lipinski definition) is 2. The maximum Gasteiger partial charge on any atom is 0.238 e. The van der Waals surface area contributed by atoms with E-state index >= 15 is 0 Å². The molecule has 0 amide bonds. The molecule has 1 saturated carbocycles. The minimum Gasteiger partial charge on any atom is -0.367 e. The summed E-state index contributed by atoms with van der Waals surface area (Å²) in [6, 6.07) is 8.46. The number of fused-ring (bicyclic) bond motifs is 2. The Hall–Kier alpha value is -3.06. The van der Waals surface area contributed by atoms with E-state index < -0.39 is 0 Å². The van der Waals surface area contributed by atoms with E-state index in [4.69, 9.17) is 11.5 Å². The van der Waals surface area contributed by atoms with E-state index in [0.717, 1.165) is 27.7 Å². The standard InChI is InChI=1S/C14H10N6.C6H13N/c15-14-18-8-12-11(3-5-20(12)19-14)10-6-9-2-1-4-16-13(9)17-7-10;7-6-4-2-1-3-5-6/h1-8H,(H2,15,19);6H,1-5,7H2. The number of nitrogens with zero attached hydrogens (tertiary/aromatic N) is 5. The minimum atomic E-state index is 0.250. The average molecular weight is 361 g/mol. The molecule has 0 aromatic carbocycles. The normalized spacial score (nSPS) is 14.9. The van der Waals surface area contributed by atoms with Gasteiger partial charge in [0.05, 0.1) is 11.7 Å². The molecule has 4 aromatic heterocycles. The van der Waals surface area contributed by atoms with Crippen LogP contribution in [0.4, 0.5) is 5.95 Å². The van der Waals surface area contributed by atoms with Crippen molar-refractivity contribution in [3.05, 3.63) is 49.1 Å². The monoisotopic (exact) mass is 361 g/mol. The van der Waals surface area contributed by atoms with Crippen LogP contribution < -0.4 is 11.5 Å². The van der Waals surface area contributed by atoms with E-state index in [-0.39, 0.29) is 5.95 Å². The second kappa shape index (κ2) is 7.67. The van der Waals surface area contributed by atoms with Gasteiger partial charge in [0.25, 0.3) is 0 Å². The summed E-state index contributed by atoms with van der Waals surface area (Å²) in [5.41, 5.74) is 14.9. The molecule has 1 aliphatic rings. The number of pyridine rings is 2. The van der Waals surface area contributed by atoms with Crippen molar-refractivity contribution in [3.63, 3.8) is 0 Å². The molecule has 0 saturated heterocycles. The fourth-order valence-corrected chi connectivity index (χ4v) is 3.40. The lowest BCUT2D eigenvalue weighted by molar-refractivity contribution is 0.441. The summed E-state index contributed by atoms with van der Waals surface area (Å²) < 4.78 is 1.71. The van der Waals surface area contributed by atoms with Crippen molar-refractivity contribution in [2.24, 2.45) is 5.73 Å². The van der Waals surface area contributed by atoms with Crippen molar-refractivity contribution in [2.75, 3.05) is 5.73 Å². The smallest absolute Gasteiger partial charge is 0.238 e. The maximum atomic E-state index is 5.63. The van der Waals surface area contributed by atoms with Crippen LogP contribution in [0.15, 0.2) is 49.1 Å². The molecule has 0 aliphatic heterocycles. The Bertz CT molecular complexity index is 1050. The molecule has 4 aromatic rings. The van der Waals surface area contributed by atoms with Crippen molar-refractivity contribution in [1.29, 1.82) is 0 Å². The number of rotatable bonds is 1. The fourth-order valence-electron chi connectivity index (χ4n) is 3.40. The average Bonchev–Trinajstić information content (AvgIpc) is 3.12. The SMILES string of the molecule is NC1CCCCC1.Nc1ncc2c(-c3cnc4ncccc4c3)ccn2n1. The minimum absolute atomic E-state index is 0.250. The first-order valence-electron chi connectivity index (χ1n) is 9.27. The Kier molecular flexibility index (Phi) is 4.93. The van der Waals surface area contributed by atoms with Gasteiger partial charge in [-0.25, -0.2) is 19.5 Å². The highest BCUT2D eigenvalue weighted by Crippen LogP contribution is 2.26. The van der Waals surface area contributed by atoms with Gasteiger partial charge in [-0.05, 0) is 37.1 Å². The molecule has 7 heteroatoms. The lowest BCUT2D eigenvalue weighted by atomic mass is 9.97. The molecule has 7 nitrogen and oxygen atoms in total. The number of hydrogen-bond acceptors (Lipinski definition) is 6. The first-order valence-corrected chi connectivity index (χ1v) is 9.27. The fraction of sp³-hybridized carbons (Fsp3) is 0.300. The second-order valence-electron chi connectivity index (χ2n) is 6.85. The third-order valence-electron chi connectivity index (χ3n) is 4.85. The number of nitrogen functional groups attached to an aromatic ring is 1. The molecule has 1 aliphatic carbocycles. The Balaban J connectivity index is 0.000000218. The van der Waals surface area contributed by atoms with Crippen LogP contribution in [-0.2, 0) is 0 Å². The van der Waals surface area contributed by atoms with Crippen molar-refractivity contribution >= 4 is 22.5 Å². The Morgan fingerprint density at radius 1 is 1.00 bits per heavy atom. The number of nitrogens with two attached hydrogens (primary N) is 2. The highest BCUT2D eigenvalue weighted by molar-refractivity contribution is 5.86. The van der Waals surface area contributed by atoms with Crippen LogP contribution in [-0.4, -0.2) is 30.6 Å². The highest BCUT2D eigenvalue weighted by atomic mass is 15.3. The molecule has 1 fully saturated rings. The number of anilines is 1. The molecule has 138 valence electrons. The summed E-state index contributed by atoms with van der Waals surface area (Å²) in [6.45, 7) is 0. The third kappa shape index (κ3) is 3.88. The van der Waals surface area contributed by atoms with Crippen LogP contribution in [0, 0.1) is 0 Å². The summed E-state index contributed by atoms with van der Waals surface area (Å²) in [5.74, 6) is 0.250. The van der Waals surface area contributed by atoms with Crippen LogP contribution in [0.5, 0.6) is 0 Å². The molecular formula is C20H23N7. The first-order chi connectivity index (χ1) is 13.2. The predicted octanol–water partition coefficient (Wildman–Crippen LogP) is 3.20. The molecule has 4 N–H and O–H groups in total. The summed E-state index contributed by atoms with van der Waals surface area (Å²) in [6.07, 6.45) is 13.8. The van der Waals surface area contributed by atoms with Gasteiger partial charge in [0, 0.05) is 41.1 Å². The van der Waals surface area contributed by atoms with E-state index in [1.165, 1.54) is 32.1 Å². The molecule has 0 spiro atoms. The zero-order valence-electron chi connectivity index (χ0n) is 15.1. The van der Waals surface area contributed by atoms with Crippen molar-refractivity contribution < 1.29 is 0 Å². The van der Waals surface area contributed by atoms with E-state index in [1.807, 2.05) is 24.4 Å². The van der Waals surface area contributed by atoms with Gasteiger partial charge in [0.1, 0.15) is 0 Å². The quantitative estimate of drug-likeness (QED) is 0.539. The molecule has 4 heterocycles. The van der Waals surface area contributed by atoms with Gasteiger partial charge >= 0.3 is 0 Å². The van der Waals surface area contributed by atoms with Crippen LogP contribution >= 0.6 is 0 Å². The van der Waals surface area contributed by atoms with Gasteiger partial charge < -0.3 is 11.5 Å². The van der Waals surface area contributed by atoms with Gasteiger partial charge in [-0.3, -0.25) is 0 Å².